The van der Waals surface area contributed by atoms with Crippen molar-refractivity contribution in [3.05, 3.63) is 77.6 Å². The minimum atomic E-state index is 0.787. The Morgan fingerprint density at radius 3 is 2.42 bits per heavy atom. The molecule has 0 saturated heterocycles. The van der Waals surface area contributed by atoms with Crippen LogP contribution in [-0.2, 0) is 6.42 Å². The molecule has 122 valence electrons. The summed E-state index contributed by atoms with van der Waals surface area (Å²) in [6.45, 7) is 5.06. The average molecular weight is 318 g/mol. The van der Waals surface area contributed by atoms with Gasteiger partial charge in [0, 0.05) is 18.3 Å². The Bertz CT molecular complexity index is 800. The van der Waals surface area contributed by atoms with E-state index in [0.717, 1.165) is 30.3 Å². The smallest absolute Gasteiger partial charge is 0.135 e. The van der Waals surface area contributed by atoms with E-state index in [1.807, 2.05) is 12.1 Å². The molecular formula is C20H22N4. The van der Waals surface area contributed by atoms with Crippen molar-refractivity contribution in [1.82, 2.24) is 9.97 Å². The van der Waals surface area contributed by atoms with Gasteiger partial charge in [0.25, 0.3) is 0 Å². The standard InChI is InChI=1S/C20H22N4/c1-15-8-9-18(12-16(15)2)24-20-13-19(22-14-23-20)21-11-10-17-6-4-3-5-7-17/h3-9,12-14H,10-11H2,1-2H3,(H2,21,22,23,24). The van der Waals surface area contributed by atoms with Crippen molar-refractivity contribution in [3.8, 4) is 0 Å². The maximum absolute atomic E-state index is 4.29. The Kier molecular flexibility index (Phi) is 5.06. The van der Waals surface area contributed by atoms with Crippen molar-refractivity contribution in [3.63, 3.8) is 0 Å². The number of benzene rings is 2. The molecule has 0 bridgehead atoms. The number of nitrogens with one attached hydrogen (secondary N) is 2. The molecule has 0 aliphatic carbocycles. The van der Waals surface area contributed by atoms with Gasteiger partial charge in [0.2, 0.25) is 0 Å². The molecule has 0 amide bonds. The molecule has 1 heterocycles. The van der Waals surface area contributed by atoms with Gasteiger partial charge in [0.05, 0.1) is 0 Å². The highest BCUT2D eigenvalue weighted by Crippen LogP contribution is 2.19. The van der Waals surface area contributed by atoms with Crippen molar-refractivity contribution in [2.75, 3.05) is 17.2 Å². The second kappa shape index (κ2) is 7.59. The van der Waals surface area contributed by atoms with Gasteiger partial charge >= 0.3 is 0 Å². The highest BCUT2D eigenvalue weighted by Gasteiger charge is 2.01. The van der Waals surface area contributed by atoms with Gasteiger partial charge in [-0.05, 0) is 49.1 Å². The molecule has 3 aromatic rings. The number of hydrogen-bond acceptors (Lipinski definition) is 4. The van der Waals surface area contributed by atoms with Gasteiger partial charge in [-0.25, -0.2) is 9.97 Å². The normalized spacial score (nSPS) is 10.4. The molecule has 0 saturated carbocycles. The SMILES string of the molecule is Cc1ccc(Nc2cc(NCCc3ccccc3)ncn2)cc1C. The lowest BCUT2D eigenvalue weighted by Gasteiger charge is -2.10. The summed E-state index contributed by atoms with van der Waals surface area (Å²) in [6, 6.07) is 18.6. The van der Waals surface area contributed by atoms with E-state index in [1.54, 1.807) is 6.33 Å². The highest BCUT2D eigenvalue weighted by atomic mass is 15.1. The molecule has 0 radical (unpaired) electrons. The summed E-state index contributed by atoms with van der Waals surface area (Å²) in [4.78, 5) is 8.57. The van der Waals surface area contributed by atoms with Gasteiger partial charge in [-0.2, -0.15) is 0 Å². The molecule has 0 unspecified atom stereocenters. The zero-order valence-electron chi connectivity index (χ0n) is 14.1. The molecule has 0 aliphatic rings. The third-order valence-electron chi connectivity index (χ3n) is 4.01. The van der Waals surface area contributed by atoms with Crippen LogP contribution in [0, 0.1) is 13.8 Å². The van der Waals surface area contributed by atoms with E-state index in [4.69, 9.17) is 0 Å². The summed E-state index contributed by atoms with van der Waals surface area (Å²) in [5, 5.41) is 6.68. The van der Waals surface area contributed by atoms with Crippen molar-refractivity contribution in [2.24, 2.45) is 0 Å². The fraction of sp³-hybridized carbons (Fsp3) is 0.200. The summed E-state index contributed by atoms with van der Waals surface area (Å²) in [7, 11) is 0. The summed E-state index contributed by atoms with van der Waals surface area (Å²) < 4.78 is 0. The largest absolute Gasteiger partial charge is 0.370 e. The summed E-state index contributed by atoms with van der Waals surface area (Å²) in [6.07, 6.45) is 2.54. The predicted octanol–water partition coefficient (Wildman–Crippen LogP) is 4.49. The van der Waals surface area contributed by atoms with Gasteiger partial charge in [-0.3, -0.25) is 0 Å². The van der Waals surface area contributed by atoms with Crippen LogP contribution in [0.5, 0.6) is 0 Å². The molecule has 4 heteroatoms. The number of anilines is 3. The van der Waals surface area contributed by atoms with Crippen LogP contribution in [0.25, 0.3) is 0 Å². The van der Waals surface area contributed by atoms with E-state index in [1.165, 1.54) is 16.7 Å². The van der Waals surface area contributed by atoms with Crippen LogP contribution in [0.2, 0.25) is 0 Å². The first-order chi connectivity index (χ1) is 11.7. The van der Waals surface area contributed by atoms with Gasteiger partial charge in [0.1, 0.15) is 18.0 Å². The zero-order valence-corrected chi connectivity index (χ0v) is 14.1. The maximum Gasteiger partial charge on any atom is 0.135 e. The minimum Gasteiger partial charge on any atom is -0.370 e. The molecule has 0 spiro atoms. The molecule has 0 atom stereocenters. The monoisotopic (exact) mass is 318 g/mol. The zero-order chi connectivity index (χ0) is 16.8. The second-order valence-corrected chi connectivity index (χ2v) is 5.87. The summed E-state index contributed by atoms with van der Waals surface area (Å²) >= 11 is 0. The molecular weight excluding hydrogens is 296 g/mol. The van der Waals surface area contributed by atoms with Gasteiger partial charge in [0.15, 0.2) is 0 Å². The van der Waals surface area contributed by atoms with Gasteiger partial charge < -0.3 is 10.6 Å². The Labute approximate surface area is 143 Å². The highest BCUT2D eigenvalue weighted by molar-refractivity contribution is 5.60. The fourth-order valence-electron chi connectivity index (χ4n) is 2.47. The van der Waals surface area contributed by atoms with Crippen LogP contribution >= 0.6 is 0 Å². The lowest BCUT2D eigenvalue weighted by molar-refractivity contribution is 1.000. The number of aryl methyl sites for hydroxylation is 2. The van der Waals surface area contributed by atoms with E-state index in [2.05, 4.69) is 76.9 Å². The van der Waals surface area contributed by atoms with Crippen LogP contribution in [0.15, 0.2) is 60.9 Å². The van der Waals surface area contributed by atoms with Gasteiger partial charge in [-0.15, -0.1) is 0 Å². The molecule has 24 heavy (non-hydrogen) atoms. The molecule has 0 aliphatic heterocycles. The topological polar surface area (TPSA) is 49.8 Å². The quantitative estimate of drug-likeness (QED) is 0.703. The van der Waals surface area contributed by atoms with E-state index in [-0.39, 0.29) is 0 Å². The van der Waals surface area contributed by atoms with E-state index in [0.29, 0.717) is 0 Å². The Balaban J connectivity index is 1.60. The first kappa shape index (κ1) is 16.0. The molecule has 2 aromatic carbocycles. The van der Waals surface area contributed by atoms with Crippen LogP contribution in [-0.4, -0.2) is 16.5 Å². The van der Waals surface area contributed by atoms with Crippen molar-refractivity contribution in [1.29, 1.82) is 0 Å². The third-order valence-corrected chi connectivity index (χ3v) is 4.01. The average Bonchev–Trinajstić information content (AvgIpc) is 2.60. The Hall–Kier alpha value is -2.88. The molecule has 0 fully saturated rings. The second-order valence-electron chi connectivity index (χ2n) is 5.87. The van der Waals surface area contributed by atoms with Crippen LogP contribution in [0.1, 0.15) is 16.7 Å². The Morgan fingerprint density at radius 1 is 0.833 bits per heavy atom. The van der Waals surface area contributed by atoms with E-state index >= 15 is 0 Å². The summed E-state index contributed by atoms with van der Waals surface area (Å²) in [5.41, 5.74) is 4.89. The first-order valence-corrected chi connectivity index (χ1v) is 8.15. The predicted molar refractivity (Wildman–Crippen MR) is 99.9 cm³/mol. The first-order valence-electron chi connectivity index (χ1n) is 8.15. The van der Waals surface area contributed by atoms with Crippen LogP contribution < -0.4 is 10.6 Å². The number of aromatic nitrogens is 2. The number of hydrogen-bond donors (Lipinski definition) is 2. The number of rotatable bonds is 6. The third kappa shape index (κ3) is 4.32. The molecule has 4 nitrogen and oxygen atoms in total. The lowest BCUT2D eigenvalue weighted by Crippen LogP contribution is -2.07. The van der Waals surface area contributed by atoms with Crippen LogP contribution in [0.3, 0.4) is 0 Å². The minimum absolute atomic E-state index is 0.787. The Morgan fingerprint density at radius 2 is 1.62 bits per heavy atom. The molecule has 1 aromatic heterocycles. The van der Waals surface area contributed by atoms with Crippen molar-refractivity contribution >= 4 is 17.3 Å². The fourth-order valence-corrected chi connectivity index (χ4v) is 2.47. The number of nitrogens with zero attached hydrogens (tertiary/aromatic N) is 2. The van der Waals surface area contributed by atoms with Crippen molar-refractivity contribution in [2.45, 2.75) is 20.3 Å². The maximum atomic E-state index is 4.29. The lowest BCUT2D eigenvalue weighted by atomic mass is 10.1. The van der Waals surface area contributed by atoms with Crippen LogP contribution in [0.4, 0.5) is 17.3 Å². The van der Waals surface area contributed by atoms with E-state index < -0.39 is 0 Å². The van der Waals surface area contributed by atoms with Gasteiger partial charge in [-0.1, -0.05) is 36.4 Å². The van der Waals surface area contributed by atoms with Crippen molar-refractivity contribution < 1.29 is 0 Å². The van der Waals surface area contributed by atoms with E-state index in [9.17, 15) is 0 Å². The summed E-state index contributed by atoms with van der Waals surface area (Å²) in [5.74, 6) is 1.61. The molecule has 2 N–H and O–H groups in total. The molecule has 3 rings (SSSR count).